The number of rotatable bonds is 2. The molecule has 0 spiro atoms. The van der Waals surface area contributed by atoms with E-state index in [4.69, 9.17) is 23.2 Å². The smallest absolute Gasteiger partial charge is 0.247 e. The zero-order chi connectivity index (χ0) is 15.1. The van der Waals surface area contributed by atoms with Crippen molar-refractivity contribution in [3.05, 3.63) is 16.1 Å². The molecule has 9 heteroatoms. The van der Waals surface area contributed by atoms with E-state index in [1.807, 2.05) is 6.92 Å². The second kappa shape index (κ2) is 5.40. The van der Waals surface area contributed by atoms with Crippen LogP contribution in [0.5, 0.6) is 0 Å². The Morgan fingerprint density at radius 2 is 2.05 bits per heavy atom. The number of fused-ring (bicyclic) bond motifs is 1. The first-order valence-corrected chi connectivity index (χ1v) is 7.73. The third-order valence-corrected chi connectivity index (χ3v) is 4.45. The standard InChI is InChI=1S/C12H10Cl2N4O2S/c1-2-7-12(20)15-4-8(19)18(7)11-6(14)3-5(13)9-10(11)17-21-16-9/h3,7H,2,4H2,1H3,(H,15,20). The van der Waals surface area contributed by atoms with Gasteiger partial charge in [-0.15, -0.1) is 0 Å². The maximum Gasteiger partial charge on any atom is 0.247 e. The largest absolute Gasteiger partial charge is 0.345 e. The van der Waals surface area contributed by atoms with E-state index in [1.54, 1.807) is 0 Å². The van der Waals surface area contributed by atoms with E-state index in [9.17, 15) is 9.59 Å². The second-order valence-corrected chi connectivity index (χ2v) is 5.90. The molecule has 3 rings (SSSR count). The van der Waals surface area contributed by atoms with Gasteiger partial charge in [-0.3, -0.25) is 14.5 Å². The maximum atomic E-state index is 12.3. The van der Waals surface area contributed by atoms with Crippen molar-refractivity contribution < 1.29 is 9.59 Å². The van der Waals surface area contributed by atoms with E-state index in [0.717, 1.165) is 11.7 Å². The number of piperazine rings is 1. The molecule has 1 saturated heterocycles. The number of carbonyl (C=O) groups is 2. The molecule has 0 radical (unpaired) electrons. The molecule has 2 amide bonds. The summed E-state index contributed by atoms with van der Waals surface area (Å²) in [6.45, 7) is 1.77. The first-order chi connectivity index (χ1) is 10.0. The van der Waals surface area contributed by atoms with Gasteiger partial charge in [0, 0.05) is 0 Å². The highest BCUT2D eigenvalue weighted by molar-refractivity contribution is 7.00. The van der Waals surface area contributed by atoms with Crippen LogP contribution >= 0.6 is 34.9 Å². The summed E-state index contributed by atoms with van der Waals surface area (Å²) in [4.78, 5) is 25.7. The Labute approximate surface area is 134 Å². The Hall–Kier alpha value is -1.44. The van der Waals surface area contributed by atoms with Crippen molar-refractivity contribution in [3.8, 4) is 0 Å². The van der Waals surface area contributed by atoms with Gasteiger partial charge in [0.1, 0.15) is 17.1 Å². The summed E-state index contributed by atoms with van der Waals surface area (Å²) in [7, 11) is 0. The van der Waals surface area contributed by atoms with Crippen LogP contribution in [0.15, 0.2) is 6.07 Å². The monoisotopic (exact) mass is 344 g/mol. The number of amides is 2. The van der Waals surface area contributed by atoms with Crippen LogP contribution in [0, 0.1) is 0 Å². The number of halogens is 2. The Bertz CT molecular complexity index is 748. The van der Waals surface area contributed by atoms with Crippen molar-refractivity contribution in [3.63, 3.8) is 0 Å². The van der Waals surface area contributed by atoms with Gasteiger partial charge < -0.3 is 5.32 Å². The summed E-state index contributed by atoms with van der Waals surface area (Å²) < 4.78 is 8.29. The predicted molar refractivity (Wildman–Crippen MR) is 82.0 cm³/mol. The summed E-state index contributed by atoms with van der Waals surface area (Å²) in [5, 5.41) is 3.22. The normalized spacial score (nSPS) is 19.2. The summed E-state index contributed by atoms with van der Waals surface area (Å²) >= 11 is 13.3. The fourth-order valence-electron chi connectivity index (χ4n) is 2.40. The molecule has 2 aromatic rings. The molecular weight excluding hydrogens is 335 g/mol. The molecule has 110 valence electrons. The van der Waals surface area contributed by atoms with Crippen molar-refractivity contribution in [1.82, 2.24) is 14.1 Å². The number of aromatic nitrogens is 2. The zero-order valence-electron chi connectivity index (χ0n) is 10.9. The van der Waals surface area contributed by atoms with Gasteiger partial charge in [0.25, 0.3) is 0 Å². The molecule has 6 nitrogen and oxygen atoms in total. The van der Waals surface area contributed by atoms with Crippen molar-refractivity contribution in [2.45, 2.75) is 19.4 Å². The van der Waals surface area contributed by atoms with Crippen molar-refractivity contribution >= 4 is 63.5 Å². The van der Waals surface area contributed by atoms with Crippen LogP contribution in [-0.4, -0.2) is 33.1 Å². The first kappa shape index (κ1) is 14.5. The lowest BCUT2D eigenvalue weighted by molar-refractivity contribution is -0.131. The Balaban J connectivity index is 2.24. The molecule has 1 aliphatic rings. The lowest BCUT2D eigenvalue weighted by Crippen LogP contribution is -2.58. The lowest BCUT2D eigenvalue weighted by atomic mass is 10.1. The van der Waals surface area contributed by atoms with Crippen LogP contribution in [0.3, 0.4) is 0 Å². The highest BCUT2D eigenvalue weighted by atomic mass is 35.5. The number of hydrogen-bond acceptors (Lipinski definition) is 5. The number of nitrogens with one attached hydrogen (secondary N) is 1. The van der Waals surface area contributed by atoms with Crippen LogP contribution in [0.25, 0.3) is 11.0 Å². The van der Waals surface area contributed by atoms with Crippen molar-refractivity contribution in [2.24, 2.45) is 0 Å². The predicted octanol–water partition coefficient (Wildman–Crippen LogP) is 2.24. The topological polar surface area (TPSA) is 75.2 Å². The molecule has 1 fully saturated rings. The Kier molecular flexibility index (Phi) is 3.73. The fourth-order valence-corrected chi connectivity index (χ4v) is 3.59. The van der Waals surface area contributed by atoms with Crippen molar-refractivity contribution in [1.29, 1.82) is 0 Å². The van der Waals surface area contributed by atoms with Gasteiger partial charge in [-0.2, -0.15) is 8.75 Å². The third-order valence-electron chi connectivity index (χ3n) is 3.34. The second-order valence-electron chi connectivity index (χ2n) is 4.56. The average molecular weight is 345 g/mol. The van der Waals surface area contributed by atoms with Gasteiger partial charge >= 0.3 is 0 Å². The SMILES string of the molecule is CCC1C(=O)NCC(=O)N1c1c(Cl)cc(Cl)c2nsnc12. The Morgan fingerprint density at radius 3 is 2.76 bits per heavy atom. The highest BCUT2D eigenvalue weighted by Gasteiger charge is 2.37. The molecule has 1 aromatic heterocycles. The molecular formula is C12H10Cl2N4O2S. The molecule has 0 aliphatic carbocycles. The average Bonchev–Trinajstić information content (AvgIpc) is 2.92. The minimum absolute atomic E-state index is 0.0622. The molecule has 1 N–H and O–H groups in total. The molecule has 0 bridgehead atoms. The molecule has 1 atom stereocenters. The molecule has 2 heterocycles. The molecule has 1 aromatic carbocycles. The highest BCUT2D eigenvalue weighted by Crippen LogP contribution is 2.39. The number of benzene rings is 1. The molecule has 1 unspecified atom stereocenters. The van der Waals surface area contributed by atoms with E-state index in [2.05, 4.69) is 14.1 Å². The van der Waals surface area contributed by atoms with E-state index < -0.39 is 6.04 Å². The number of hydrogen-bond donors (Lipinski definition) is 1. The summed E-state index contributed by atoms with van der Waals surface area (Å²) in [5.41, 5.74) is 1.32. The van der Waals surface area contributed by atoms with Crippen LogP contribution in [-0.2, 0) is 9.59 Å². The van der Waals surface area contributed by atoms with Crippen LogP contribution in [0.1, 0.15) is 13.3 Å². The van der Waals surface area contributed by atoms with Gasteiger partial charge in [0.05, 0.1) is 34.0 Å². The van der Waals surface area contributed by atoms with Gasteiger partial charge in [-0.25, -0.2) is 0 Å². The summed E-state index contributed by atoms with van der Waals surface area (Å²) in [5.74, 6) is -0.445. The van der Waals surface area contributed by atoms with Gasteiger partial charge in [-0.05, 0) is 12.5 Å². The minimum Gasteiger partial charge on any atom is -0.345 e. The van der Waals surface area contributed by atoms with Crippen molar-refractivity contribution in [2.75, 3.05) is 11.4 Å². The summed E-state index contributed by atoms with van der Waals surface area (Å²) in [6.07, 6.45) is 0.468. The zero-order valence-corrected chi connectivity index (χ0v) is 13.2. The summed E-state index contributed by atoms with van der Waals surface area (Å²) in [6, 6.07) is 0.907. The van der Waals surface area contributed by atoms with Crippen LogP contribution in [0.2, 0.25) is 10.0 Å². The number of carbonyl (C=O) groups excluding carboxylic acids is 2. The molecule has 0 saturated carbocycles. The van der Waals surface area contributed by atoms with E-state index in [-0.39, 0.29) is 23.4 Å². The molecule has 1 aliphatic heterocycles. The quantitative estimate of drug-likeness (QED) is 0.906. The van der Waals surface area contributed by atoms with E-state index in [0.29, 0.717) is 28.2 Å². The Morgan fingerprint density at radius 1 is 1.33 bits per heavy atom. The van der Waals surface area contributed by atoms with Crippen LogP contribution in [0.4, 0.5) is 5.69 Å². The van der Waals surface area contributed by atoms with E-state index in [1.165, 1.54) is 11.0 Å². The molecule has 21 heavy (non-hydrogen) atoms. The minimum atomic E-state index is -0.616. The van der Waals surface area contributed by atoms with Crippen LogP contribution < -0.4 is 10.2 Å². The number of nitrogens with zero attached hydrogens (tertiary/aromatic N) is 3. The lowest BCUT2D eigenvalue weighted by Gasteiger charge is -2.34. The third kappa shape index (κ3) is 2.25. The number of anilines is 1. The fraction of sp³-hybridized carbons (Fsp3) is 0.333. The maximum absolute atomic E-state index is 12.3. The van der Waals surface area contributed by atoms with Gasteiger partial charge in [0.2, 0.25) is 11.8 Å². The van der Waals surface area contributed by atoms with E-state index >= 15 is 0 Å². The van der Waals surface area contributed by atoms with Gasteiger partial charge in [0.15, 0.2) is 0 Å². The van der Waals surface area contributed by atoms with Gasteiger partial charge in [-0.1, -0.05) is 30.1 Å². The first-order valence-electron chi connectivity index (χ1n) is 6.24.